The van der Waals surface area contributed by atoms with Crippen LogP contribution in [-0.4, -0.2) is 37.2 Å². The molecule has 0 radical (unpaired) electrons. The number of ether oxygens (including phenoxy) is 1. The monoisotopic (exact) mass is 457 g/mol. The molecule has 1 atom stereocenters. The number of hydrogen-bond acceptors (Lipinski definition) is 5. The summed E-state index contributed by atoms with van der Waals surface area (Å²) in [6.45, 7) is 6.97. The molecular formula is C23H25F2N5O3. The number of aromatic nitrogens is 4. The number of anilines is 1. The van der Waals surface area contributed by atoms with Gasteiger partial charge in [-0.25, -0.2) is 18.3 Å². The summed E-state index contributed by atoms with van der Waals surface area (Å²) < 4.78 is 34.9. The topological polar surface area (TPSA) is 91.0 Å². The SMILES string of the molecule is CC(C(=O)Nc1cc(C2CC2)n(C(=O)OC(C)(C)C)n1)c1ccn(-c2cc(F)cc(F)c2)n1. The summed E-state index contributed by atoms with van der Waals surface area (Å²) >= 11 is 0. The quantitative estimate of drug-likeness (QED) is 0.597. The molecule has 0 spiro atoms. The number of carbonyl (C=O) groups is 2. The fourth-order valence-corrected chi connectivity index (χ4v) is 3.33. The Balaban J connectivity index is 1.50. The zero-order valence-electron chi connectivity index (χ0n) is 18.8. The first-order valence-corrected chi connectivity index (χ1v) is 10.7. The highest BCUT2D eigenvalue weighted by Crippen LogP contribution is 2.41. The van der Waals surface area contributed by atoms with Crippen molar-refractivity contribution in [1.29, 1.82) is 0 Å². The van der Waals surface area contributed by atoms with Crippen LogP contribution in [0.5, 0.6) is 0 Å². The molecule has 1 amide bonds. The van der Waals surface area contributed by atoms with Crippen molar-refractivity contribution in [3.05, 3.63) is 59.6 Å². The lowest BCUT2D eigenvalue weighted by Crippen LogP contribution is -2.28. The minimum Gasteiger partial charge on any atom is -0.442 e. The van der Waals surface area contributed by atoms with E-state index in [1.54, 1.807) is 39.8 Å². The molecule has 1 aromatic carbocycles. The van der Waals surface area contributed by atoms with Gasteiger partial charge in [0.25, 0.3) is 0 Å². The van der Waals surface area contributed by atoms with Crippen LogP contribution in [0, 0.1) is 11.6 Å². The molecule has 10 heteroatoms. The zero-order valence-corrected chi connectivity index (χ0v) is 18.8. The second-order valence-corrected chi connectivity index (χ2v) is 9.14. The molecular weight excluding hydrogens is 432 g/mol. The van der Waals surface area contributed by atoms with E-state index in [0.29, 0.717) is 11.4 Å². The van der Waals surface area contributed by atoms with E-state index in [0.717, 1.165) is 31.0 Å². The van der Waals surface area contributed by atoms with Crippen molar-refractivity contribution in [3.8, 4) is 5.69 Å². The molecule has 2 heterocycles. The predicted molar refractivity (Wildman–Crippen MR) is 116 cm³/mol. The van der Waals surface area contributed by atoms with Gasteiger partial charge in [0.05, 0.1) is 23.0 Å². The van der Waals surface area contributed by atoms with Gasteiger partial charge in [-0.1, -0.05) is 0 Å². The summed E-state index contributed by atoms with van der Waals surface area (Å²) in [4.78, 5) is 25.4. The lowest BCUT2D eigenvalue weighted by molar-refractivity contribution is -0.117. The number of carbonyl (C=O) groups excluding carboxylic acids is 2. The van der Waals surface area contributed by atoms with Crippen molar-refractivity contribution in [3.63, 3.8) is 0 Å². The standard InChI is InChI=1S/C23H25F2N5O3/c1-13(18-7-8-29(27-18)17-10-15(24)9-16(25)11-17)21(31)26-20-12-19(14-5-6-14)30(28-20)22(32)33-23(2,3)4/h7-14H,5-6H2,1-4H3,(H,26,28,31). The minimum atomic E-state index is -0.722. The number of nitrogens with one attached hydrogen (secondary N) is 1. The van der Waals surface area contributed by atoms with Crippen LogP contribution in [-0.2, 0) is 9.53 Å². The summed E-state index contributed by atoms with van der Waals surface area (Å²) in [6, 6.07) is 6.35. The van der Waals surface area contributed by atoms with E-state index in [1.807, 2.05) is 0 Å². The lowest BCUT2D eigenvalue weighted by atomic mass is 10.1. The maximum absolute atomic E-state index is 13.5. The van der Waals surface area contributed by atoms with E-state index < -0.39 is 29.2 Å². The Morgan fingerprint density at radius 3 is 2.39 bits per heavy atom. The van der Waals surface area contributed by atoms with Crippen LogP contribution in [0.15, 0.2) is 36.5 Å². The highest BCUT2D eigenvalue weighted by molar-refractivity contribution is 5.94. The molecule has 3 aromatic rings. The lowest BCUT2D eigenvalue weighted by Gasteiger charge is -2.19. The zero-order chi connectivity index (χ0) is 23.9. The van der Waals surface area contributed by atoms with Crippen LogP contribution in [0.3, 0.4) is 0 Å². The Hall–Kier alpha value is -3.56. The normalized spacial score (nSPS) is 14.7. The smallest absolute Gasteiger partial charge is 0.435 e. The van der Waals surface area contributed by atoms with Gasteiger partial charge < -0.3 is 10.1 Å². The van der Waals surface area contributed by atoms with Crippen molar-refractivity contribution >= 4 is 17.8 Å². The third-order valence-electron chi connectivity index (χ3n) is 5.11. The van der Waals surface area contributed by atoms with Gasteiger partial charge in [-0.15, -0.1) is 5.10 Å². The molecule has 1 saturated carbocycles. The van der Waals surface area contributed by atoms with E-state index in [1.165, 1.54) is 15.6 Å². The Bertz CT molecular complexity index is 1190. The number of amides is 1. The van der Waals surface area contributed by atoms with Crippen molar-refractivity contribution in [1.82, 2.24) is 19.6 Å². The van der Waals surface area contributed by atoms with Gasteiger partial charge in [0.1, 0.15) is 17.2 Å². The molecule has 1 N–H and O–H groups in total. The van der Waals surface area contributed by atoms with Gasteiger partial charge in [0.2, 0.25) is 5.91 Å². The summed E-state index contributed by atoms with van der Waals surface area (Å²) in [6.07, 6.45) is 2.81. The molecule has 0 saturated heterocycles. The number of hydrogen-bond donors (Lipinski definition) is 1. The van der Waals surface area contributed by atoms with Crippen molar-refractivity contribution in [2.24, 2.45) is 0 Å². The fourth-order valence-electron chi connectivity index (χ4n) is 3.33. The molecule has 1 aliphatic rings. The van der Waals surface area contributed by atoms with Crippen LogP contribution in [0.2, 0.25) is 0 Å². The van der Waals surface area contributed by atoms with Crippen molar-refractivity contribution in [2.75, 3.05) is 5.32 Å². The van der Waals surface area contributed by atoms with Gasteiger partial charge in [0, 0.05) is 24.2 Å². The van der Waals surface area contributed by atoms with Crippen LogP contribution in [0.25, 0.3) is 5.69 Å². The van der Waals surface area contributed by atoms with Gasteiger partial charge in [0.15, 0.2) is 5.82 Å². The van der Waals surface area contributed by atoms with Crippen molar-refractivity contribution in [2.45, 2.75) is 58.0 Å². The number of nitrogens with zero attached hydrogens (tertiary/aromatic N) is 4. The van der Waals surface area contributed by atoms with E-state index in [2.05, 4.69) is 15.5 Å². The molecule has 1 fully saturated rings. The summed E-state index contributed by atoms with van der Waals surface area (Å²) in [5.41, 5.74) is 0.637. The van der Waals surface area contributed by atoms with E-state index in [4.69, 9.17) is 4.74 Å². The number of benzene rings is 1. The fraction of sp³-hybridized carbons (Fsp3) is 0.391. The molecule has 174 valence electrons. The Labute approximate surface area is 189 Å². The highest BCUT2D eigenvalue weighted by Gasteiger charge is 2.32. The van der Waals surface area contributed by atoms with Crippen LogP contribution in [0.4, 0.5) is 19.4 Å². The molecule has 1 aliphatic carbocycles. The number of rotatable bonds is 5. The minimum absolute atomic E-state index is 0.204. The van der Waals surface area contributed by atoms with E-state index in [9.17, 15) is 18.4 Å². The average Bonchev–Trinajstić information content (AvgIpc) is 3.27. The first-order valence-electron chi connectivity index (χ1n) is 10.7. The Kier molecular flexibility index (Phi) is 5.77. The highest BCUT2D eigenvalue weighted by atomic mass is 19.1. The molecule has 8 nitrogen and oxygen atoms in total. The first kappa shape index (κ1) is 22.6. The van der Waals surface area contributed by atoms with Gasteiger partial charge in [-0.05, 0) is 58.7 Å². The second-order valence-electron chi connectivity index (χ2n) is 9.14. The predicted octanol–water partition coefficient (Wildman–Crippen LogP) is 4.75. The summed E-state index contributed by atoms with van der Waals surface area (Å²) in [5, 5.41) is 11.2. The third-order valence-corrected chi connectivity index (χ3v) is 5.11. The third kappa shape index (κ3) is 5.27. The second kappa shape index (κ2) is 8.42. The van der Waals surface area contributed by atoms with Gasteiger partial charge in [-0.3, -0.25) is 4.79 Å². The maximum atomic E-state index is 13.5. The van der Waals surface area contributed by atoms with E-state index >= 15 is 0 Å². The molecule has 1 unspecified atom stereocenters. The maximum Gasteiger partial charge on any atom is 0.435 e. The van der Waals surface area contributed by atoms with Gasteiger partial charge >= 0.3 is 6.09 Å². The Morgan fingerprint density at radius 2 is 1.79 bits per heavy atom. The largest absolute Gasteiger partial charge is 0.442 e. The average molecular weight is 457 g/mol. The molecule has 4 rings (SSSR count). The molecule has 0 aliphatic heterocycles. The van der Waals surface area contributed by atoms with Crippen molar-refractivity contribution < 1.29 is 23.1 Å². The molecule has 0 bridgehead atoms. The summed E-state index contributed by atoms with van der Waals surface area (Å²) in [7, 11) is 0. The Morgan fingerprint density at radius 1 is 1.12 bits per heavy atom. The van der Waals surface area contributed by atoms with Gasteiger partial charge in [-0.2, -0.15) is 9.78 Å². The first-order chi connectivity index (χ1) is 15.5. The molecule has 2 aromatic heterocycles. The molecule has 33 heavy (non-hydrogen) atoms. The van der Waals surface area contributed by atoms with Crippen LogP contribution >= 0.6 is 0 Å². The van der Waals surface area contributed by atoms with Crippen LogP contribution in [0.1, 0.15) is 63.8 Å². The van der Waals surface area contributed by atoms with E-state index in [-0.39, 0.29) is 23.3 Å². The summed E-state index contributed by atoms with van der Waals surface area (Å²) in [5.74, 6) is -2.07. The van der Waals surface area contributed by atoms with Crippen LogP contribution < -0.4 is 5.32 Å². The number of halogens is 2.